The zero-order valence-electron chi connectivity index (χ0n) is 6.97. The quantitative estimate of drug-likeness (QED) is 0.512. The van der Waals surface area contributed by atoms with E-state index in [0.717, 1.165) is 5.92 Å². The minimum atomic E-state index is 1.02. The van der Waals surface area contributed by atoms with E-state index in [1.54, 1.807) is 0 Å². The fourth-order valence-electron chi connectivity index (χ4n) is 1.75. The van der Waals surface area contributed by atoms with Crippen LogP contribution in [-0.4, -0.2) is 0 Å². The van der Waals surface area contributed by atoms with Gasteiger partial charge >= 0.3 is 0 Å². The van der Waals surface area contributed by atoms with Crippen LogP contribution >= 0.6 is 0 Å². The summed E-state index contributed by atoms with van der Waals surface area (Å²) in [6, 6.07) is 0. The van der Waals surface area contributed by atoms with Gasteiger partial charge in [-0.25, -0.2) is 0 Å². The van der Waals surface area contributed by atoms with Gasteiger partial charge in [0.25, 0.3) is 0 Å². The fourth-order valence-corrected chi connectivity index (χ4v) is 1.75. The molecular formula is C10H18. The highest BCUT2D eigenvalue weighted by Crippen LogP contribution is 2.26. The minimum absolute atomic E-state index is 1.02. The van der Waals surface area contributed by atoms with E-state index in [4.69, 9.17) is 0 Å². The normalized spacial score (nSPS) is 22.1. The summed E-state index contributed by atoms with van der Waals surface area (Å²) < 4.78 is 0. The van der Waals surface area contributed by atoms with Crippen molar-refractivity contribution < 1.29 is 0 Å². The third-order valence-corrected chi connectivity index (χ3v) is 2.43. The van der Waals surface area contributed by atoms with E-state index >= 15 is 0 Å². The summed E-state index contributed by atoms with van der Waals surface area (Å²) >= 11 is 0. The Morgan fingerprint density at radius 2 is 1.90 bits per heavy atom. The fraction of sp³-hybridized carbons (Fsp3) is 0.800. The van der Waals surface area contributed by atoms with Gasteiger partial charge in [-0.3, -0.25) is 0 Å². The second-order valence-corrected chi connectivity index (χ2v) is 3.31. The standard InChI is InChI=1S/C10H18/c1-2-3-7-10-8-5-4-6-9-10/h2-3,10H,4-9H2,1H3. The molecule has 1 rings (SSSR count). The first-order chi connectivity index (χ1) is 4.93. The van der Waals surface area contributed by atoms with Gasteiger partial charge < -0.3 is 0 Å². The van der Waals surface area contributed by atoms with Gasteiger partial charge in [-0.1, -0.05) is 44.3 Å². The third-order valence-electron chi connectivity index (χ3n) is 2.43. The van der Waals surface area contributed by atoms with Crippen LogP contribution in [0.1, 0.15) is 45.4 Å². The monoisotopic (exact) mass is 138 g/mol. The largest absolute Gasteiger partial charge is 0.0917 e. The molecule has 1 fully saturated rings. The maximum atomic E-state index is 2.32. The van der Waals surface area contributed by atoms with Gasteiger partial charge in [0.05, 0.1) is 0 Å². The van der Waals surface area contributed by atoms with E-state index in [-0.39, 0.29) is 0 Å². The van der Waals surface area contributed by atoms with Gasteiger partial charge in [0, 0.05) is 0 Å². The molecule has 0 aromatic rings. The Morgan fingerprint density at radius 1 is 1.20 bits per heavy atom. The van der Waals surface area contributed by atoms with Crippen molar-refractivity contribution in [2.45, 2.75) is 45.4 Å². The minimum Gasteiger partial charge on any atom is -0.0917 e. The van der Waals surface area contributed by atoms with Gasteiger partial charge in [0.1, 0.15) is 0 Å². The van der Waals surface area contributed by atoms with Crippen molar-refractivity contribution in [3.63, 3.8) is 0 Å². The summed E-state index contributed by atoms with van der Waals surface area (Å²) in [6.07, 6.45) is 13.2. The van der Waals surface area contributed by atoms with Crippen molar-refractivity contribution in [3.8, 4) is 0 Å². The predicted molar refractivity (Wildman–Crippen MR) is 46.0 cm³/mol. The van der Waals surface area contributed by atoms with Gasteiger partial charge in [-0.15, -0.1) is 0 Å². The number of hydrogen-bond acceptors (Lipinski definition) is 0. The van der Waals surface area contributed by atoms with Crippen molar-refractivity contribution in [1.29, 1.82) is 0 Å². The average molecular weight is 138 g/mol. The van der Waals surface area contributed by atoms with Gasteiger partial charge in [-0.05, 0) is 19.3 Å². The lowest BCUT2D eigenvalue weighted by atomic mass is 9.87. The molecule has 0 radical (unpaired) electrons. The SMILES string of the molecule is CC=CCC1CCCCC1. The molecule has 0 aliphatic heterocycles. The lowest BCUT2D eigenvalue weighted by Gasteiger charge is -2.19. The molecule has 0 aromatic carbocycles. The van der Waals surface area contributed by atoms with Gasteiger partial charge in [0.2, 0.25) is 0 Å². The molecule has 0 amide bonds. The van der Waals surface area contributed by atoms with E-state index < -0.39 is 0 Å². The summed E-state index contributed by atoms with van der Waals surface area (Å²) in [7, 11) is 0. The molecule has 10 heavy (non-hydrogen) atoms. The summed E-state index contributed by atoms with van der Waals surface area (Å²) in [4.78, 5) is 0. The molecule has 1 saturated carbocycles. The van der Waals surface area contributed by atoms with Crippen molar-refractivity contribution in [1.82, 2.24) is 0 Å². The van der Waals surface area contributed by atoms with Crippen LogP contribution in [-0.2, 0) is 0 Å². The average Bonchev–Trinajstić information content (AvgIpc) is 2.03. The Kier molecular flexibility index (Phi) is 3.56. The molecule has 1 aliphatic carbocycles. The van der Waals surface area contributed by atoms with Crippen molar-refractivity contribution in [2.75, 3.05) is 0 Å². The Hall–Kier alpha value is -0.260. The highest BCUT2D eigenvalue weighted by molar-refractivity contribution is 4.81. The number of hydrogen-bond donors (Lipinski definition) is 0. The first-order valence-corrected chi connectivity index (χ1v) is 4.54. The Bertz CT molecular complexity index is 96.6. The van der Waals surface area contributed by atoms with Crippen LogP contribution in [0.15, 0.2) is 12.2 Å². The van der Waals surface area contributed by atoms with E-state index in [1.165, 1.54) is 38.5 Å². The second-order valence-electron chi connectivity index (χ2n) is 3.31. The molecule has 0 heteroatoms. The highest BCUT2D eigenvalue weighted by atomic mass is 14.2. The number of allylic oxidation sites excluding steroid dienone is 2. The zero-order chi connectivity index (χ0) is 7.23. The molecule has 1 aliphatic rings. The molecule has 0 unspecified atom stereocenters. The maximum absolute atomic E-state index is 2.32. The maximum Gasteiger partial charge on any atom is -0.0322 e. The Labute approximate surface area is 64.3 Å². The van der Waals surface area contributed by atoms with Crippen LogP contribution in [0.25, 0.3) is 0 Å². The molecule has 0 atom stereocenters. The van der Waals surface area contributed by atoms with Crippen LogP contribution < -0.4 is 0 Å². The zero-order valence-corrected chi connectivity index (χ0v) is 6.97. The highest BCUT2D eigenvalue weighted by Gasteiger charge is 2.10. The van der Waals surface area contributed by atoms with E-state index in [9.17, 15) is 0 Å². The summed E-state index contributed by atoms with van der Waals surface area (Å²) in [6.45, 7) is 2.11. The topological polar surface area (TPSA) is 0 Å². The van der Waals surface area contributed by atoms with Crippen LogP contribution in [0.2, 0.25) is 0 Å². The molecule has 0 N–H and O–H groups in total. The molecule has 0 saturated heterocycles. The van der Waals surface area contributed by atoms with Crippen LogP contribution in [0.5, 0.6) is 0 Å². The Balaban J connectivity index is 2.13. The first-order valence-electron chi connectivity index (χ1n) is 4.54. The third kappa shape index (κ3) is 2.55. The Morgan fingerprint density at radius 3 is 2.50 bits per heavy atom. The molecular weight excluding hydrogens is 120 g/mol. The molecule has 0 spiro atoms. The van der Waals surface area contributed by atoms with Crippen LogP contribution in [0, 0.1) is 5.92 Å². The predicted octanol–water partition coefficient (Wildman–Crippen LogP) is 3.53. The lowest BCUT2D eigenvalue weighted by Crippen LogP contribution is -2.04. The van der Waals surface area contributed by atoms with E-state index in [1.807, 2.05) is 0 Å². The summed E-state index contributed by atoms with van der Waals surface area (Å²) in [5.41, 5.74) is 0. The molecule has 0 nitrogen and oxygen atoms in total. The van der Waals surface area contributed by atoms with Crippen LogP contribution in [0.4, 0.5) is 0 Å². The van der Waals surface area contributed by atoms with Crippen molar-refractivity contribution in [2.24, 2.45) is 5.92 Å². The number of rotatable bonds is 2. The summed E-state index contributed by atoms with van der Waals surface area (Å²) in [5, 5.41) is 0. The smallest absolute Gasteiger partial charge is 0.0322 e. The van der Waals surface area contributed by atoms with Gasteiger partial charge in [0.15, 0.2) is 0 Å². The molecule has 58 valence electrons. The lowest BCUT2D eigenvalue weighted by molar-refractivity contribution is 0.361. The van der Waals surface area contributed by atoms with E-state index in [2.05, 4.69) is 19.1 Å². The summed E-state index contributed by atoms with van der Waals surface area (Å²) in [5.74, 6) is 1.02. The second kappa shape index (κ2) is 4.54. The van der Waals surface area contributed by atoms with Crippen molar-refractivity contribution in [3.05, 3.63) is 12.2 Å². The van der Waals surface area contributed by atoms with Crippen molar-refractivity contribution >= 4 is 0 Å². The molecule has 0 heterocycles. The first kappa shape index (κ1) is 7.84. The van der Waals surface area contributed by atoms with E-state index in [0.29, 0.717) is 0 Å². The van der Waals surface area contributed by atoms with Gasteiger partial charge in [-0.2, -0.15) is 0 Å². The molecule has 0 bridgehead atoms. The molecule has 0 aromatic heterocycles. The van der Waals surface area contributed by atoms with Crippen LogP contribution in [0.3, 0.4) is 0 Å².